The Hall–Kier alpha value is -0.570. The molecule has 1 fully saturated rings. The van der Waals surface area contributed by atoms with Crippen LogP contribution in [0.4, 0.5) is 0 Å². The molecule has 0 amide bonds. The Kier molecular flexibility index (Phi) is 2.88. The van der Waals surface area contributed by atoms with Crippen LogP contribution in [0.3, 0.4) is 0 Å². The summed E-state index contributed by atoms with van der Waals surface area (Å²) in [5, 5.41) is 0. The highest BCUT2D eigenvalue weighted by Gasteiger charge is 2.24. The van der Waals surface area contributed by atoms with Gasteiger partial charge in [0.05, 0.1) is 13.7 Å². The molecule has 0 aromatic carbocycles. The highest BCUT2D eigenvalue weighted by Crippen LogP contribution is 2.29. The van der Waals surface area contributed by atoms with Crippen LogP contribution in [0, 0.1) is 5.92 Å². The quantitative estimate of drug-likeness (QED) is 0.572. The van der Waals surface area contributed by atoms with Gasteiger partial charge in [0.25, 0.3) is 0 Å². The first-order valence-electron chi connectivity index (χ1n) is 3.93. The Morgan fingerprint density at radius 1 is 1.64 bits per heavy atom. The highest BCUT2D eigenvalue weighted by molar-refractivity contribution is 5.73. The lowest BCUT2D eigenvalue weighted by Gasteiger charge is -2.09. The summed E-state index contributed by atoms with van der Waals surface area (Å²) < 4.78 is 9.74. The van der Waals surface area contributed by atoms with E-state index in [1.807, 2.05) is 0 Å². The molecule has 0 radical (unpaired) electrons. The summed E-state index contributed by atoms with van der Waals surface area (Å²) in [4.78, 5) is 10.8. The molecule has 3 heteroatoms. The second-order valence-corrected chi connectivity index (χ2v) is 2.94. The summed E-state index contributed by atoms with van der Waals surface area (Å²) in [6.45, 7) is 2.42. The molecule has 64 valence electrons. The van der Waals surface area contributed by atoms with Crippen LogP contribution in [0.1, 0.15) is 19.8 Å². The molecule has 3 nitrogen and oxygen atoms in total. The van der Waals surface area contributed by atoms with Crippen LogP contribution in [-0.2, 0) is 14.3 Å². The van der Waals surface area contributed by atoms with Crippen LogP contribution in [0.25, 0.3) is 0 Å². The van der Waals surface area contributed by atoms with Gasteiger partial charge in [-0.2, -0.15) is 0 Å². The standard InChI is InChI=1S/C8H14O3/c1-6(8(9)10-2)11-5-7-3-4-7/h6-7H,3-5H2,1-2H3/t6-/m1/s1. The molecular formula is C8H14O3. The van der Waals surface area contributed by atoms with Gasteiger partial charge >= 0.3 is 5.97 Å². The van der Waals surface area contributed by atoms with Gasteiger partial charge in [0.2, 0.25) is 0 Å². The second kappa shape index (κ2) is 3.72. The van der Waals surface area contributed by atoms with Gasteiger partial charge < -0.3 is 9.47 Å². The van der Waals surface area contributed by atoms with Gasteiger partial charge in [0, 0.05) is 0 Å². The minimum Gasteiger partial charge on any atom is -0.467 e. The van der Waals surface area contributed by atoms with Crippen molar-refractivity contribution in [2.24, 2.45) is 5.92 Å². The highest BCUT2D eigenvalue weighted by atomic mass is 16.6. The number of ether oxygens (including phenoxy) is 2. The predicted octanol–water partition coefficient (Wildman–Crippen LogP) is 0.974. The van der Waals surface area contributed by atoms with E-state index in [2.05, 4.69) is 4.74 Å². The Morgan fingerprint density at radius 2 is 2.27 bits per heavy atom. The molecule has 0 unspecified atom stereocenters. The lowest BCUT2D eigenvalue weighted by Crippen LogP contribution is -2.22. The fraction of sp³-hybridized carbons (Fsp3) is 0.875. The van der Waals surface area contributed by atoms with E-state index in [0.29, 0.717) is 12.5 Å². The first-order chi connectivity index (χ1) is 5.24. The minimum atomic E-state index is -0.402. The summed E-state index contributed by atoms with van der Waals surface area (Å²) >= 11 is 0. The number of hydrogen-bond acceptors (Lipinski definition) is 3. The SMILES string of the molecule is COC(=O)[C@@H](C)OCC1CC1. The van der Waals surface area contributed by atoms with Gasteiger partial charge in [0.15, 0.2) is 6.10 Å². The summed E-state index contributed by atoms with van der Waals surface area (Å²) in [6, 6.07) is 0. The van der Waals surface area contributed by atoms with Crippen LogP contribution < -0.4 is 0 Å². The van der Waals surface area contributed by atoms with Crippen LogP contribution in [0.5, 0.6) is 0 Å². The van der Waals surface area contributed by atoms with Crippen LogP contribution in [-0.4, -0.2) is 25.8 Å². The molecule has 11 heavy (non-hydrogen) atoms. The van der Waals surface area contributed by atoms with Crippen molar-refractivity contribution in [3.63, 3.8) is 0 Å². The number of esters is 1. The lowest BCUT2D eigenvalue weighted by atomic mass is 10.4. The molecule has 0 bridgehead atoms. The maximum atomic E-state index is 10.8. The molecule has 0 aromatic heterocycles. The second-order valence-electron chi connectivity index (χ2n) is 2.94. The van der Waals surface area contributed by atoms with Crippen molar-refractivity contribution in [2.75, 3.05) is 13.7 Å². The Labute approximate surface area is 66.7 Å². The van der Waals surface area contributed by atoms with Crippen LogP contribution in [0.15, 0.2) is 0 Å². The summed E-state index contributed by atoms with van der Waals surface area (Å²) in [5.74, 6) is 0.410. The molecule has 0 saturated heterocycles. The van der Waals surface area contributed by atoms with Gasteiger partial charge in [0.1, 0.15) is 0 Å². The van der Waals surface area contributed by atoms with Crippen molar-refractivity contribution in [2.45, 2.75) is 25.9 Å². The van der Waals surface area contributed by atoms with Crippen molar-refractivity contribution in [1.82, 2.24) is 0 Å². The third-order valence-electron chi connectivity index (χ3n) is 1.81. The zero-order chi connectivity index (χ0) is 8.27. The first-order valence-corrected chi connectivity index (χ1v) is 3.93. The number of rotatable bonds is 4. The van der Waals surface area contributed by atoms with E-state index in [0.717, 1.165) is 0 Å². The van der Waals surface area contributed by atoms with Crippen molar-refractivity contribution < 1.29 is 14.3 Å². The average molecular weight is 158 g/mol. The fourth-order valence-corrected chi connectivity index (χ4v) is 0.799. The molecule has 1 saturated carbocycles. The molecule has 1 rings (SSSR count). The molecule has 0 N–H and O–H groups in total. The normalized spacial score (nSPS) is 19.5. The van der Waals surface area contributed by atoms with Gasteiger partial charge in [-0.15, -0.1) is 0 Å². The topological polar surface area (TPSA) is 35.5 Å². The summed E-state index contributed by atoms with van der Waals surface area (Å²) in [7, 11) is 1.37. The summed E-state index contributed by atoms with van der Waals surface area (Å²) in [6.07, 6.45) is 2.09. The predicted molar refractivity (Wildman–Crippen MR) is 40.2 cm³/mol. The molecule has 1 aliphatic rings. The number of methoxy groups -OCH3 is 1. The summed E-state index contributed by atoms with van der Waals surface area (Å²) in [5.41, 5.74) is 0. The molecule has 1 aliphatic carbocycles. The van der Waals surface area contributed by atoms with Gasteiger partial charge in [-0.05, 0) is 25.7 Å². The Bertz CT molecular complexity index is 140. The zero-order valence-corrected chi connectivity index (χ0v) is 7.00. The third-order valence-corrected chi connectivity index (χ3v) is 1.81. The van der Waals surface area contributed by atoms with E-state index in [1.54, 1.807) is 6.92 Å². The molecular weight excluding hydrogens is 144 g/mol. The fourth-order valence-electron chi connectivity index (χ4n) is 0.799. The third kappa shape index (κ3) is 2.89. The molecule has 0 aromatic rings. The van der Waals surface area contributed by atoms with Crippen molar-refractivity contribution >= 4 is 5.97 Å². The van der Waals surface area contributed by atoms with E-state index in [-0.39, 0.29) is 5.97 Å². The van der Waals surface area contributed by atoms with E-state index in [1.165, 1.54) is 20.0 Å². The van der Waals surface area contributed by atoms with Crippen LogP contribution >= 0.6 is 0 Å². The smallest absolute Gasteiger partial charge is 0.334 e. The van der Waals surface area contributed by atoms with Crippen molar-refractivity contribution in [3.05, 3.63) is 0 Å². The van der Waals surface area contributed by atoms with Crippen LogP contribution in [0.2, 0.25) is 0 Å². The lowest BCUT2D eigenvalue weighted by molar-refractivity contribution is -0.153. The maximum Gasteiger partial charge on any atom is 0.334 e. The average Bonchev–Trinajstić information content (AvgIpc) is 2.81. The molecule has 0 aliphatic heterocycles. The van der Waals surface area contributed by atoms with Crippen molar-refractivity contribution in [1.29, 1.82) is 0 Å². The monoisotopic (exact) mass is 158 g/mol. The Morgan fingerprint density at radius 3 is 2.73 bits per heavy atom. The van der Waals surface area contributed by atoms with Gasteiger partial charge in [-0.1, -0.05) is 0 Å². The molecule has 0 heterocycles. The largest absolute Gasteiger partial charge is 0.467 e. The minimum absolute atomic E-state index is 0.286. The molecule has 1 atom stereocenters. The van der Waals surface area contributed by atoms with Crippen molar-refractivity contribution in [3.8, 4) is 0 Å². The number of carbonyl (C=O) groups is 1. The van der Waals surface area contributed by atoms with Gasteiger partial charge in [-0.25, -0.2) is 4.79 Å². The van der Waals surface area contributed by atoms with Gasteiger partial charge in [-0.3, -0.25) is 0 Å². The number of hydrogen-bond donors (Lipinski definition) is 0. The molecule has 0 spiro atoms. The van der Waals surface area contributed by atoms with E-state index < -0.39 is 6.10 Å². The first kappa shape index (κ1) is 8.53. The number of carbonyl (C=O) groups excluding carboxylic acids is 1. The van der Waals surface area contributed by atoms with E-state index >= 15 is 0 Å². The van der Waals surface area contributed by atoms with E-state index in [9.17, 15) is 4.79 Å². The zero-order valence-electron chi connectivity index (χ0n) is 7.00. The van der Waals surface area contributed by atoms with E-state index in [4.69, 9.17) is 4.74 Å². The Balaban J connectivity index is 2.08. The maximum absolute atomic E-state index is 10.8.